The molecular weight excluding hydrogens is 284 g/mol. The first-order chi connectivity index (χ1) is 10.2. The fraction of sp³-hybridized carbons (Fsp3) is 0.625. The lowest BCUT2D eigenvalue weighted by molar-refractivity contribution is -0.140. The molecule has 4 nitrogen and oxygen atoms in total. The zero-order valence-corrected chi connectivity index (χ0v) is 13.1. The van der Waals surface area contributed by atoms with Crippen LogP contribution < -0.4 is 5.32 Å². The molecule has 0 unspecified atom stereocenters. The summed E-state index contributed by atoms with van der Waals surface area (Å²) in [7, 11) is 0. The standard InChI is InChI=1S/C16H22N2O2S/c19-14-5-10-18(9-4-13-6-11-21-12-13)15(20)16(17-14)7-2-1-3-8-16/h6,11-12H,1-5,7-10H2,(H,17,19). The Kier molecular flexibility index (Phi) is 4.29. The lowest BCUT2D eigenvalue weighted by Crippen LogP contribution is -2.58. The summed E-state index contributed by atoms with van der Waals surface area (Å²) in [6.45, 7) is 1.27. The van der Waals surface area contributed by atoms with E-state index in [0.29, 0.717) is 19.5 Å². The molecular formula is C16H22N2O2S. The van der Waals surface area contributed by atoms with Crippen LogP contribution in [0.3, 0.4) is 0 Å². The molecule has 0 radical (unpaired) electrons. The van der Waals surface area contributed by atoms with Gasteiger partial charge in [0.2, 0.25) is 11.8 Å². The Morgan fingerprint density at radius 2 is 2.05 bits per heavy atom. The van der Waals surface area contributed by atoms with Gasteiger partial charge < -0.3 is 10.2 Å². The van der Waals surface area contributed by atoms with Gasteiger partial charge in [0.05, 0.1) is 0 Å². The number of nitrogens with one attached hydrogen (secondary N) is 1. The van der Waals surface area contributed by atoms with Gasteiger partial charge in [0.15, 0.2) is 0 Å². The van der Waals surface area contributed by atoms with E-state index in [4.69, 9.17) is 0 Å². The Morgan fingerprint density at radius 1 is 1.24 bits per heavy atom. The minimum absolute atomic E-state index is 0.0308. The lowest BCUT2D eigenvalue weighted by Gasteiger charge is -2.38. The van der Waals surface area contributed by atoms with E-state index in [1.807, 2.05) is 4.90 Å². The van der Waals surface area contributed by atoms with Gasteiger partial charge in [0.1, 0.15) is 5.54 Å². The summed E-state index contributed by atoms with van der Waals surface area (Å²) in [6.07, 6.45) is 6.13. The third kappa shape index (κ3) is 3.12. The molecule has 1 aliphatic carbocycles. The smallest absolute Gasteiger partial charge is 0.248 e. The zero-order chi connectivity index (χ0) is 14.7. The molecule has 114 valence electrons. The molecule has 1 aromatic heterocycles. The molecule has 2 heterocycles. The van der Waals surface area contributed by atoms with Crippen molar-refractivity contribution in [3.8, 4) is 0 Å². The maximum atomic E-state index is 12.9. The van der Waals surface area contributed by atoms with Crippen LogP contribution in [0.1, 0.15) is 44.1 Å². The minimum atomic E-state index is -0.611. The first-order valence-corrected chi connectivity index (χ1v) is 8.75. The van der Waals surface area contributed by atoms with E-state index in [1.54, 1.807) is 11.3 Å². The molecule has 0 atom stereocenters. The number of carbonyl (C=O) groups is 2. The Bertz CT molecular complexity index is 506. The highest BCUT2D eigenvalue weighted by atomic mass is 32.1. The zero-order valence-electron chi connectivity index (χ0n) is 12.3. The Labute approximate surface area is 129 Å². The third-order valence-corrected chi connectivity index (χ3v) is 5.37. The number of nitrogens with zero attached hydrogens (tertiary/aromatic N) is 1. The summed E-state index contributed by atoms with van der Waals surface area (Å²) in [6, 6.07) is 2.10. The van der Waals surface area contributed by atoms with Crippen LogP contribution in [0.5, 0.6) is 0 Å². The van der Waals surface area contributed by atoms with Crippen LogP contribution in [-0.2, 0) is 16.0 Å². The van der Waals surface area contributed by atoms with Crippen molar-refractivity contribution in [1.29, 1.82) is 0 Å². The van der Waals surface area contributed by atoms with Crippen LogP contribution >= 0.6 is 11.3 Å². The van der Waals surface area contributed by atoms with Crippen molar-refractivity contribution in [2.45, 2.75) is 50.5 Å². The van der Waals surface area contributed by atoms with Gasteiger partial charge in [-0.15, -0.1) is 0 Å². The van der Waals surface area contributed by atoms with E-state index in [9.17, 15) is 9.59 Å². The van der Waals surface area contributed by atoms with Crippen LogP contribution in [0.15, 0.2) is 16.8 Å². The van der Waals surface area contributed by atoms with Crippen molar-refractivity contribution in [2.75, 3.05) is 13.1 Å². The molecule has 0 aromatic carbocycles. The van der Waals surface area contributed by atoms with Crippen LogP contribution in [0, 0.1) is 0 Å². The number of carbonyl (C=O) groups excluding carboxylic acids is 2. The molecule has 3 rings (SSSR count). The molecule has 0 bridgehead atoms. The van der Waals surface area contributed by atoms with Crippen molar-refractivity contribution in [3.05, 3.63) is 22.4 Å². The summed E-state index contributed by atoms with van der Waals surface area (Å²) in [5.74, 6) is 0.173. The lowest BCUT2D eigenvalue weighted by atomic mass is 9.80. The van der Waals surface area contributed by atoms with Gasteiger partial charge in [-0.25, -0.2) is 0 Å². The van der Waals surface area contributed by atoms with Gasteiger partial charge in [-0.1, -0.05) is 19.3 Å². The van der Waals surface area contributed by atoms with Crippen molar-refractivity contribution < 1.29 is 9.59 Å². The van der Waals surface area contributed by atoms with Gasteiger partial charge in [-0.3, -0.25) is 9.59 Å². The molecule has 1 aromatic rings. The summed E-state index contributed by atoms with van der Waals surface area (Å²) in [5, 5.41) is 7.23. The van der Waals surface area contributed by atoms with Gasteiger partial charge in [0, 0.05) is 19.5 Å². The second-order valence-electron chi connectivity index (χ2n) is 6.11. The number of hydrogen-bond acceptors (Lipinski definition) is 3. The van der Waals surface area contributed by atoms with Gasteiger partial charge in [0.25, 0.3) is 0 Å². The fourth-order valence-corrected chi connectivity index (χ4v) is 4.13. The quantitative estimate of drug-likeness (QED) is 0.932. The first kappa shape index (κ1) is 14.6. The van der Waals surface area contributed by atoms with E-state index in [-0.39, 0.29) is 11.8 Å². The van der Waals surface area contributed by atoms with Gasteiger partial charge >= 0.3 is 0 Å². The largest absolute Gasteiger partial charge is 0.342 e. The highest BCUT2D eigenvalue weighted by Crippen LogP contribution is 2.31. The molecule has 2 aliphatic rings. The molecule has 2 fully saturated rings. The SMILES string of the molecule is O=C1CCN(CCc2ccsc2)C(=O)C2(CCCCC2)N1. The van der Waals surface area contributed by atoms with E-state index >= 15 is 0 Å². The molecule has 2 amide bonds. The van der Waals surface area contributed by atoms with Crippen LogP contribution in [0.2, 0.25) is 0 Å². The molecule has 1 N–H and O–H groups in total. The second-order valence-corrected chi connectivity index (χ2v) is 6.89. The monoisotopic (exact) mass is 306 g/mol. The van der Waals surface area contributed by atoms with Gasteiger partial charge in [-0.05, 0) is 41.7 Å². The average molecular weight is 306 g/mol. The number of thiophene rings is 1. The van der Waals surface area contributed by atoms with Crippen molar-refractivity contribution in [3.63, 3.8) is 0 Å². The molecule has 1 aliphatic heterocycles. The van der Waals surface area contributed by atoms with Gasteiger partial charge in [-0.2, -0.15) is 11.3 Å². The van der Waals surface area contributed by atoms with E-state index in [0.717, 1.165) is 32.1 Å². The number of rotatable bonds is 3. The summed E-state index contributed by atoms with van der Waals surface area (Å²) in [4.78, 5) is 26.8. The average Bonchev–Trinajstić information content (AvgIpc) is 2.97. The molecule has 1 spiro atoms. The predicted octanol–water partition coefficient (Wildman–Crippen LogP) is 2.34. The van der Waals surface area contributed by atoms with Crippen LogP contribution in [-0.4, -0.2) is 35.3 Å². The summed E-state index contributed by atoms with van der Waals surface area (Å²) in [5.41, 5.74) is 0.662. The van der Waals surface area contributed by atoms with Crippen molar-refractivity contribution in [1.82, 2.24) is 10.2 Å². The fourth-order valence-electron chi connectivity index (χ4n) is 3.43. The Morgan fingerprint density at radius 3 is 2.76 bits per heavy atom. The van der Waals surface area contributed by atoms with Crippen molar-refractivity contribution in [2.24, 2.45) is 0 Å². The molecule has 21 heavy (non-hydrogen) atoms. The van der Waals surface area contributed by atoms with Crippen molar-refractivity contribution >= 4 is 23.2 Å². The number of amides is 2. The first-order valence-electron chi connectivity index (χ1n) is 7.81. The topological polar surface area (TPSA) is 49.4 Å². The minimum Gasteiger partial charge on any atom is -0.342 e. The molecule has 5 heteroatoms. The summed E-state index contributed by atoms with van der Waals surface area (Å²) >= 11 is 1.68. The second kappa shape index (κ2) is 6.18. The van der Waals surface area contributed by atoms with Crippen LogP contribution in [0.4, 0.5) is 0 Å². The molecule has 1 saturated heterocycles. The van der Waals surface area contributed by atoms with E-state index < -0.39 is 5.54 Å². The Balaban J connectivity index is 1.73. The van der Waals surface area contributed by atoms with Crippen LogP contribution in [0.25, 0.3) is 0 Å². The predicted molar refractivity (Wildman–Crippen MR) is 83.2 cm³/mol. The van der Waals surface area contributed by atoms with E-state index in [2.05, 4.69) is 22.1 Å². The molecule has 1 saturated carbocycles. The highest BCUT2D eigenvalue weighted by Gasteiger charge is 2.44. The van der Waals surface area contributed by atoms with E-state index in [1.165, 1.54) is 12.0 Å². The maximum absolute atomic E-state index is 12.9. The Hall–Kier alpha value is -1.36. The third-order valence-electron chi connectivity index (χ3n) is 4.64. The summed E-state index contributed by atoms with van der Waals surface area (Å²) < 4.78 is 0. The highest BCUT2D eigenvalue weighted by molar-refractivity contribution is 7.07. The number of hydrogen-bond donors (Lipinski definition) is 1. The normalized spacial score (nSPS) is 22.2. The maximum Gasteiger partial charge on any atom is 0.248 e.